The molecule has 2 aliphatic rings. The predicted octanol–water partition coefficient (Wildman–Crippen LogP) is 1.95. The van der Waals surface area contributed by atoms with Gasteiger partial charge in [-0.15, -0.1) is 11.3 Å². The van der Waals surface area contributed by atoms with Crippen LogP contribution in [0.1, 0.15) is 35.4 Å². The van der Waals surface area contributed by atoms with E-state index in [4.69, 9.17) is 0 Å². The van der Waals surface area contributed by atoms with E-state index in [-0.39, 0.29) is 17.7 Å². The van der Waals surface area contributed by atoms with Gasteiger partial charge in [0.25, 0.3) is 5.91 Å². The fourth-order valence-corrected chi connectivity index (χ4v) is 3.67. The van der Waals surface area contributed by atoms with Crippen molar-refractivity contribution in [2.24, 2.45) is 17.8 Å². The first-order chi connectivity index (χ1) is 8.77. The van der Waals surface area contributed by atoms with Gasteiger partial charge in [-0.2, -0.15) is 0 Å². The van der Waals surface area contributed by atoms with E-state index in [9.17, 15) is 9.59 Å². The minimum atomic E-state index is -0.234. The van der Waals surface area contributed by atoms with Crippen molar-refractivity contribution in [2.75, 3.05) is 0 Å². The summed E-state index contributed by atoms with van der Waals surface area (Å²) in [5, 5.41) is 1.84. The zero-order chi connectivity index (χ0) is 12.5. The molecule has 1 aromatic rings. The van der Waals surface area contributed by atoms with Crippen molar-refractivity contribution in [3.8, 4) is 0 Å². The molecule has 0 spiro atoms. The molecule has 0 bridgehead atoms. The van der Waals surface area contributed by atoms with Crippen molar-refractivity contribution in [1.29, 1.82) is 0 Å². The third-order valence-electron chi connectivity index (χ3n) is 4.00. The highest BCUT2D eigenvalue weighted by atomic mass is 32.1. The molecule has 2 saturated carbocycles. The number of fused-ring (bicyclic) bond motifs is 1. The second-order valence-corrected chi connectivity index (χ2v) is 6.01. The summed E-state index contributed by atoms with van der Waals surface area (Å²) in [6.07, 6.45) is 4.82. The van der Waals surface area contributed by atoms with Gasteiger partial charge in [0, 0.05) is 5.92 Å². The molecule has 0 saturated heterocycles. The molecule has 96 valence electrons. The first-order valence-electron chi connectivity index (χ1n) is 6.41. The SMILES string of the molecule is O=C(NNC(=O)C1[C@H]2CCCC[C@H]12)c1cccs1. The van der Waals surface area contributed by atoms with Gasteiger partial charge >= 0.3 is 0 Å². The van der Waals surface area contributed by atoms with Crippen LogP contribution in [0.4, 0.5) is 0 Å². The Hall–Kier alpha value is -1.36. The Morgan fingerprint density at radius 1 is 1.17 bits per heavy atom. The van der Waals surface area contributed by atoms with Crippen LogP contribution in [0.5, 0.6) is 0 Å². The highest BCUT2D eigenvalue weighted by Gasteiger charge is 2.54. The second-order valence-electron chi connectivity index (χ2n) is 5.06. The Labute approximate surface area is 110 Å². The summed E-state index contributed by atoms with van der Waals surface area (Å²) in [4.78, 5) is 24.2. The monoisotopic (exact) mass is 264 g/mol. The Bertz CT molecular complexity index is 446. The van der Waals surface area contributed by atoms with E-state index < -0.39 is 0 Å². The normalized spacial score (nSPS) is 29.2. The van der Waals surface area contributed by atoms with Crippen molar-refractivity contribution in [1.82, 2.24) is 10.9 Å². The second kappa shape index (κ2) is 4.72. The van der Waals surface area contributed by atoms with Crippen molar-refractivity contribution < 1.29 is 9.59 Å². The minimum absolute atomic E-state index is 0.0168. The zero-order valence-electron chi connectivity index (χ0n) is 10.0. The topological polar surface area (TPSA) is 58.2 Å². The van der Waals surface area contributed by atoms with Crippen molar-refractivity contribution in [3.63, 3.8) is 0 Å². The lowest BCUT2D eigenvalue weighted by molar-refractivity contribution is -0.123. The van der Waals surface area contributed by atoms with Crippen LogP contribution in [0.2, 0.25) is 0 Å². The molecular weight excluding hydrogens is 248 g/mol. The molecule has 0 aliphatic heterocycles. The molecule has 0 unspecified atom stereocenters. The predicted molar refractivity (Wildman–Crippen MR) is 68.9 cm³/mol. The summed E-state index contributed by atoms with van der Waals surface area (Å²) < 4.78 is 0. The lowest BCUT2D eigenvalue weighted by atomic mass is 10.0. The fraction of sp³-hybridized carbons (Fsp3) is 0.538. The lowest BCUT2D eigenvalue weighted by Crippen LogP contribution is -2.42. The van der Waals surface area contributed by atoms with Crippen LogP contribution in [0.3, 0.4) is 0 Å². The molecule has 2 amide bonds. The van der Waals surface area contributed by atoms with Gasteiger partial charge in [0.15, 0.2) is 0 Å². The number of rotatable bonds is 2. The largest absolute Gasteiger partial charge is 0.279 e. The average molecular weight is 264 g/mol. The summed E-state index contributed by atoms with van der Waals surface area (Å²) in [5.41, 5.74) is 5.05. The van der Waals surface area contributed by atoms with Gasteiger partial charge in [-0.05, 0) is 36.1 Å². The Morgan fingerprint density at radius 2 is 1.89 bits per heavy atom. The van der Waals surface area contributed by atoms with Crippen LogP contribution in [-0.4, -0.2) is 11.8 Å². The smallest absolute Gasteiger partial charge is 0.273 e. The molecule has 2 fully saturated rings. The highest BCUT2D eigenvalue weighted by Crippen LogP contribution is 2.55. The number of thiophene rings is 1. The minimum Gasteiger partial charge on any atom is -0.273 e. The number of carbonyl (C=O) groups excluding carboxylic acids is 2. The summed E-state index contributed by atoms with van der Waals surface area (Å²) in [6.45, 7) is 0. The lowest BCUT2D eigenvalue weighted by Gasteiger charge is -2.05. The molecule has 1 aromatic heterocycles. The standard InChI is InChI=1S/C13H16N2O2S/c16-12(10-6-3-7-18-10)14-15-13(17)11-8-4-1-2-5-9(8)11/h3,6-9,11H,1-2,4-5H2,(H,14,16)(H,15,17)/t8-,9-/m0/s1. The van der Waals surface area contributed by atoms with Gasteiger partial charge in [0.2, 0.25) is 5.91 Å². The number of amides is 2. The third kappa shape index (κ3) is 2.14. The molecule has 4 nitrogen and oxygen atoms in total. The number of hydrogen-bond donors (Lipinski definition) is 2. The van der Waals surface area contributed by atoms with Crippen LogP contribution in [0.15, 0.2) is 17.5 Å². The van der Waals surface area contributed by atoms with Crippen molar-refractivity contribution in [3.05, 3.63) is 22.4 Å². The van der Waals surface area contributed by atoms with Crippen molar-refractivity contribution >= 4 is 23.2 Å². The van der Waals surface area contributed by atoms with Crippen molar-refractivity contribution in [2.45, 2.75) is 25.7 Å². The fourth-order valence-electron chi connectivity index (χ4n) is 3.05. The summed E-state index contributed by atoms with van der Waals surface area (Å²) in [7, 11) is 0. The van der Waals surface area contributed by atoms with Gasteiger partial charge in [0.1, 0.15) is 0 Å². The van der Waals surface area contributed by atoms with E-state index in [0.29, 0.717) is 16.7 Å². The summed E-state index contributed by atoms with van der Waals surface area (Å²) in [6, 6.07) is 3.56. The maximum atomic E-state index is 11.9. The van der Waals surface area contributed by atoms with Crippen LogP contribution >= 0.6 is 11.3 Å². The first-order valence-corrected chi connectivity index (χ1v) is 7.29. The van der Waals surface area contributed by atoms with Crippen LogP contribution in [-0.2, 0) is 4.79 Å². The Kier molecular flexibility index (Phi) is 3.07. The van der Waals surface area contributed by atoms with Crippen LogP contribution in [0, 0.1) is 17.8 Å². The molecular formula is C13H16N2O2S. The van der Waals surface area contributed by atoms with E-state index in [1.807, 2.05) is 11.4 Å². The Balaban J connectivity index is 1.49. The molecule has 2 N–H and O–H groups in total. The molecule has 18 heavy (non-hydrogen) atoms. The Morgan fingerprint density at radius 3 is 2.50 bits per heavy atom. The van der Waals surface area contributed by atoms with Crippen LogP contribution < -0.4 is 10.9 Å². The van der Waals surface area contributed by atoms with Gasteiger partial charge in [0.05, 0.1) is 4.88 Å². The average Bonchev–Trinajstić information content (AvgIpc) is 2.85. The molecule has 2 aliphatic carbocycles. The molecule has 3 rings (SSSR count). The van der Waals surface area contributed by atoms with E-state index in [0.717, 1.165) is 0 Å². The number of carbonyl (C=O) groups is 2. The maximum Gasteiger partial charge on any atom is 0.279 e. The molecule has 2 atom stereocenters. The number of hydrogen-bond acceptors (Lipinski definition) is 3. The van der Waals surface area contributed by atoms with Gasteiger partial charge in [-0.1, -0.05) is 18.9 Å². The highest BCUT2D eigenvalue weighted by molar-refractivity contribution is 7.12. The summed E-state index contributed by atoms with van der Waals surface area (Å²) >= 11 is 1.36. The molecule has 0 radical (unpaired) electrons. The van der Waals surface area contributed by atoms with Gasteiger partial charge in [-0.25, -0.2) is 0 Å². The maximum absolute atomic E-state index is 11.9. The molecule has 0 aromatic carbocycles. The number of nitrogens with one attached hydrogen (secondary N) is 2. The molecule has 5 heteroatoms. The van der Waals surface area contributed by atoms with E-state index in [2.05, 4.69) is 10.9 Å². The van der Waals surface area contributed by atoms with Gasteiger partial charge < -0.3 is 0 Å². The van der Waals surface area contributed by atoms with Gasteiger partial charge in [-0.3, -0.25) is 20.4 Å². The number of hydrazine groups is 1. The van der Waals surface area contributed by atoms with E-state index in [1.165, 1.54) is 37.0 Å². The van der Waals surface area contributed by atoms with E-state index >= 15 is 0 Å². The third-order valence-corrected chi connectivity index (χ3v) is 4.87. The first kappa shape index (κ1) is 11.7. The van der Waals surface area contributed by atoms with Crippen LogP contribution in [0.25, 0.3) is 0 Å². The summed E-state index contributed by atoms with van der Waals surface area (Å²) in [5.74, 6) is 1.02. The van der Waals surface area contributed by atoms with E-state index in [1.54, 1.807) is 6.07 Å². The zero-order valence-corrected chi connectivity index (χ0v) is 10.8. The quantitative estimate of drug-likeness (QED) is 0.802. The molecule has 1 heterocycles.